The van der Waals surface area contributed by atoms with Gasteiger partial charge in [-0.15, -0.1) is 11.8 Å². The summed E-state index contributed by atoms with van der Waals surface area (Å²) in [7, 11) is 0. The molecule has 1 fully saturated rings. The standard InChI is InChI=1S/C30H44N2O16S/c1-10-40-29-23(32-14(3)43-29)27(47-20(9)39)28(22(44-17(6)36)12-42-16(5)35)49-30-24(31-13(2)33)26(46-19(8)38)25(45-18(7)37)21(48-30)11-41-15(4)34/h21-30H,10-12H2,1-9H3,(H,31,33)/t21-,22-,23-,24-,25-,26-,27-,28-,29+,30+/m1/s1. The maximum Gasteiger partial charge on any atom is 0.303 e. The van der Waals surface area contributed by atoms with Crippen molar-refractivity contribution in [2.24, 2.45) is 4.99 Å². The minimum absolute atomic E-state index is 0.172. The Morgan fingerprint density at radius 2 is 1.41 bits per heavy atom. The Morgan fingerprint density at radius 3 is 1.92 bits per heavy atom. The molecule has 1 saturated heterocycles. The van der Waals surface area contributed by atoms with Crippen molar-refractivity contribution in [1.82, 2.24) is 5.32 Å². The van der Waals surface area contributed by atoms with Crippen LogP contribution in [0.4, 0.5) is 0 Å². The number of hydrogen-bond acceptors (Lipinski definition) is 18. The smallest absolute Gasteiger partial charge is 0.303 e. The predicted octanol–water partition coefficient (Wildman–Crippen LogP) is 0.351. The number of ether oxygens (including phenoxy) is 9. The normalized spacial score (nSPS) is 26.4. The molecule has 1 amide bonds. The first-order valence-corrected chi connectivity index (χ1v) is 16.2. The summed E-state index contributed by atoms with van der Waals surface area (Å²) in [5.74, 6) is -5.03. The van der Waals surface area contributed by atoms with E-state index in [1.807, 2.05) is 0 Å². The van der Waals surface area contributed by atoms with Crippen molar-refractivity contribution in [2.75, 3.05) is 19.8 Å². The highest BCUT2D eigenvalue weighted by Crippen LogP contribution is 2.39. The van der Waals surface area contributed by atoms with Gasteiger partial charge in [0.2, 0.25) is 12.2 Å². The second kappa shape index (κ2) is 19.3. The molecule has 2 aliphatic heterocycles. The molecule has 0 bridgehead atoms. The lowest BCUT2D eigenvalue weighted by Gasteiger charge is -2.46. The van der Waals surface area contributed by atoms with Crippen molar-refractivity contribution in [3.63, 3.8) is 0 Å². The van der Waals surface area contributed by atoms with Crippen LogP contribution in [0.1, 0.15) is 62.3 Å². The lowest BCUT2D eigenvalue weighted by Crippen LogP contribution is -2.66. The summed E-state index contributed by atoms with van der Waals surface area (Å²) in [5, 5.41) is 1.42. The number of carbonyl (C=O) groups excluding carboxylic acids is 7. The highest BCUT2D eigenvalue weighted by atomic mass is 32.2. The first-order chi connectivity index (χ1) is 22.9. The molecule has 2 rings (SSSR count). The van der Waals surface area contributed by atoms with E-state index in [-0.39, 0.29) is 12.5 Å². The monoisotopic (exact) mass is 720 g/mol. The summed E-state index contributed by atoms with van der Waals surface area (Å²) in [4.78, 5) is 90.3. The van der Waals surface area contributed by atoms with Gasteiger partial charge >= 0.3 is 35.8 Å². The van der Waals surface area contributed by atoms with Crippen LogP contribution < -0.4 is 5.32 Å². The summed E-state index contributed by atoms with van der Waals surface area (Å²) in [5.41, 5.74) is -1.31. The van der Waals surface area contributed by atoms with Crippen LogP contribution >= 0.6 is 11.8 Å². The Kier molecular flexibility index (Phi) is 16.2. The van der Waals surface area contributed by atoms with Gasteiger partial charge in [0.1, 0.15) is 36.9 Å². The van der Waals surface area contributed by atoms with Crippen LogP contribution in [-0.2, 0) is 76.2 Å². The number of nitrogens with one attached hydrogen (secondary N) is 1. The van der Waals surface area contributed by atoms with Gasteiger partial charge in [-0.2, -0.15) is 0 Å². The molecule has 19 heteroatoms. The molecule has 0 unspecified atom stereocenters. The lowest BCUT2D eigenvalue weighted by atomic mass is 9.97. The largest absolute Gasteiger partial charge is 0.463 e. The van der Waals surface area contributed by atoms with Crippen LogP contribution in [0.25, 0.3) is 0 Å². The first kappa shape index (κ1) is 41.2. The maximum atomic E-state index is 12.6. The SMILES string of the molecule is CCO[C@H]1OC(C)=N[C@@H]1[C@@H](OC(C)=O)[C@H](S[C@@H]1O[C@H](COC(C)=O)[C@@H](OC(C)=O)[C@H](OC(C)=O)[C@H]1NC(C)=O)[C@@H](COC(C)=O)OC(C)=O. The first-order valence-electron chi connectivity index (χ1n) is 15.3. The van der Waals surface area contributed by atoms with Gasteiger partial charge in [0, 0.05) is 62.0 Å². The Hall–Kier alpha value is -3.97. The summed E-state index contributed by atoms with van der Waals surface area (Å²) < 4.78 is 50.7. The quantitative estimate of drug-likeness (QED) is 0.168. The van der Waals surface area contributed by atoms with Gasteiger partial charge in [-0.1, -0.05) is 0 Å². The van der Waals surface area contributed by atoms with Crippen molar-refractivity contribution in [1.29, 1.82) is 0 Å². The van der Waals surface area contributed by atoms with Crippen molar-refractivity contribution in [3.8, 4) is 0 Å². The van der Waals surface area contributed by atoms with Gasteiger partial charge < -0.3 is 47.9 Å². The fraction of sp³-hybridized carbons (Fsp3) is 0.733. The average molecular weight is 721 g/mol. The van der Waals surface area contributed by atoms with Crippen LogP contribution in [0.3, 0.4) is 0 Å². The van der Waals surface area contributed by atoms with Crippen LogP contribution in [0.15, 0.2) is 4.99 Å². The van der Waals surface area contributed by atoms with Crippen molar-refractivity contribution >= 4 is 59.4 Å². The van der Waals surface area contributed by atoms with Gasteiger partial charge in [0.15, 0.2) is 30.3 Å². The minimum Gasteiger partial charge on any atom is -0.463 e. The summed E-state index contributed by atoms with van der Waals surface area (Å²) in [6.07, 6.45) is -7.86. The van der Waals surface area contributed by atoms with Crippen molar-refractivity contribution in [3.05, 3.63) is 0 Å². The van der Waals surface area contributed by atoms with Gasteiger partial charge in [0.25, 0.3) is 0 Å². The Bertz CT molecular complexity index is 1260. The van der Waals surface area contributed by atoms with Gasteiger partial charge in [-0.3, -0.25) is 33.6 Å². The molecule has 2 aliphatic rings. The van der Waals surface area contributed by atoms with Crippen molar-refractivity contribution < 1.29 is 76.2 Å². The van der Waals surface area contributed by atoms with Crippen LogP contribution in [0.2, 0.25) is 0 Å². The molecule has 2 heterocycles. The van der Waals surface area contributed by atoms with E-state index in [0.717, 1.165) is 53.3 Å². The van der Waals surface area contributed by atoms with Gasteiger partial charge in [-0.25, -0.2) is 4.99 Å². The fourth-order valence-electron chi connectivity index (χ4n) is 5.13. The van der Waals surface area contributed by atoms with Gasteiger partial charge in [-0.05, 0) is 6.92 Å². The Morgan fingerprint density at radius 1 is 0.816 bits per heavy atom. The zero-order valence-electron chi connectivity index (χ0n) is 28.8. The van der Waals surface area contributed by atoms with E-state index in [2.05, 4.69) is 10.3 Å². The highest BCUT2D eigenvalue weighted by molar-refractivity contribution is 8.00. The Balaban J connectivity index is 2.82. The van der Waals surface area contributed by atoms with E-state index in [1.165, 1.54) is 6.92 Å². The van der Waals surface area contributed by atoms with E-state index in [9.17, 15) is 33.6 Å². The van der Waals surface area contributed by atoms with E-state index in [0.29, 0.717) is 0 Å². The molecule has 49 heavy (non-hydrogen) atoms. The summed E-state index contributed by atoms with van der Waals surface area (Å²) >= 11 is 0.830. The molecule has 10 atom stereocenters. The second-order valence-electron chi connectivity index (χ2n) is 10.9. The zero-order chi connectivity index (χ0) is 37.0. The number of aliphatic imine (C=N–C) groups is 1. The number of hydrogen-bond donors (Lipinski definition) is 1. The molecular weight excluding hydrogens is 676 g/mol. The number of rotatable bonds is 16. The minimum atomic E-state index is -1.42. The third kappa shape index (κ3) is 13.1. The molecule has 0 radical (unpaired) electrons. The molecule has 0 aromatic carbocycles. The second-order valence-corrected chi connectivity index (χ2v) is 12.2. The zero-order valence-corrected chi connectivity index (χ0v) is 29.6. The number of amides is 1. The highest BCUT2D eigenvalue weighted by Gasteiger charge is 2.54. The summed E-state index contributed by atoms with van der Waals surface area (Å²) in [6, 6.07) is -2.35. The molecule has 0 aromatic rings. The van der Waals surface area contributed by atoms with Crippen LogP contribution in [-0.4, -0.2) is 127 Å². The van der Waals surface area contributed by atoms with E-state index in [4.69, 9.17) is 42.6 Å². The number of esters is 6. The molecular formula is C30H44N2O16S. The van der Waals surface area contributed by atoms with Gasteiger partial charge in [0.05, 0.1) is 5.25 Å². The summed E-state index contributed by atoms with van der Waals surface area (Å²) in [6.45, 7) is 10.3. The van der Waals surface area contributed by atoms with E-state index in [1.54, 1.807) is 13.8 Å². The molecule has 18 nitrogen and oxygen atoms in total. The third-order valence-corrected chi connectivity index (χ3v) is 8.25. The lowest BCUT2D eigenvalue weighted by molar-refractivity contribution is -0.212. The number of nitrogens with zero attached hydrogens (tertiary/aromatic N) is 1. The molecule has 0 saturated carbocycles. The maximum absolute atomic E-state index is 12.6. The fourth-order valence-corrected chi connectivity index (χ4v) is 6.72. The van der Waals surface area contributed by atoms with E-state index >= 15 is 0 Å². The third-order valence-electron chi connectivity index (χ3n) is 6.69. The molecule has 0 aliphatic carbocycles. The topological polar surface area (TPSA) is 227 Å². The van der Waals surface area contributed by atoms with Crippen LogP contribution in [0.5, 0.6) is 0 Å². The van der Waals surface area contributed by atoms with E-state index < -0.39 is 115 Å². The number of carbonyl (C=O) groups is 7. The average Bonchev–Trinajstić information content (AvgIpc) is 3.33. The molecule has 0 spiro atoms. The molecule has 0 aromatic heterocycles. The van der Waals surface area contributed by atoms with Crippen LogP contribution in [0, 0.1) is 0 Å². The van der Waals surface area contributed by atoms with Crippen molar-refractivity contribution in [2.45, 2.75) is 122 Å². The number of thioether (sulfide) groups is 1. The Labute approximate surface area is 287 Å². The molecule has 276 valence electrons. The predicted molar refractivity (Wildman–Crippen MR) is 167 cm³/mol. The molecule has 1 N–H and O–H groups in total.